The zero-order valence-electron chi connectivity index (χ0n) is 19.3. The van der Waals surface area contributed by atoms with E-state index in [1.807, 2.05) is 6.20 Å². The number of aromatic nitrogens is 6. The predicted octanol–water partition coefficient (Wildman–Crippen LogP) is 2.83. The summed E-state index contributed by atoms with van der Waals surface area (Å²) in [5.74, 6) is -0.110. The van der Waals surface area contributed by atoms with Gasteiger partial charge in [0.15, 0.2) is 5.65 Å². The molecule has 2 N–H and O–H groups in total. The van der Waals surface area contributed by atoms with Crippen LogP contribution in [0.25, 0.3) is 17.0 Å². The number of phenolic OH excluding ortho intramolecular Hbond substituents is 1. The standard InChI is InChI=1S/C24H25F2N7O3/c25-14-1-4-22(35)18(7-14)20-8-15(26)10-31(20)24-6-5-23-27-9-21(33(23)29-24)19-11-32(30-28-19)16-2-3-17(12-34)36-13-16/h1,4-7,9,11,15-17,20,34-35H,2-3,8,10,12-13H2/t15-,16?,17?,20+/m0/s1. The molecule has 0 amide bonds. The molecule has 1 aromatic carbocycles. The summed E-state index contributed by atoms with van der Waals surface area (Å²) in [5, 5.41) is 32.9. The molecule has 36 heavy (non-hydrogen) atoms. The lowest BCUT2D eigenvalue weighted by Crippen LogP contribution is -2.30. The molecule has 0 radical (unpaired) electrons. The van der Waals surface area contributed by atoms with Crippen LogP contribution in [0, 0.1) is 5.82 Å². The molecule has 0 aliphatic carbocycles. The number of halogens is 2. The Kier molecular flexibility index (Phi) is 5.76. The van der Waals surface area contributed by atoms with Crippen molar-refractivity contribution in [2.24, 2.45) is 0 Å². The number of aliphatic hydroxyl groups is 1. The third-order valence-electron chi connectivity index (χ3n) is 6.94. The van der Waals surface area contributed by atoms with Crippen LogP contribution in [0.4, 0.5) is 14.6 Å². The summed E-state index contributed by atoms with van der Waals surface area (Å²) in [5.41, 5.74) is 2.09. The number of nitrogens with zero attached hydrogens (tertiary/aromatic N) is 7. The fraction of sp³-hybridized carbons (Fsp3) is 0.417. The molecule has 3 aromatic heterocycles. The predicted molar refractivity (Wildman–Crippen MR) is 125 cm³/mol. The minimum absolute atomic E-state index is 0.00496. The third-order valence-corrected chi connectivity index (χ3v) is 6.94. The SMILES string of the molecule is OCC1CCC(n2cc(-c3cnc4ccc(N5C[C@@H](F)C[C@@H]5c5cc(F)ccc5O)nn34)nn2)CO1. The first-order valence-corrected chi connectivity index (χ1v) is 11.9. The van der Waals surface area contributed by atoms with Gasteiger partial charge in [-0.25, -0.2) is 23.0 Å². The molecule has 4 atom stereocenters. The van der Waals surface area contributed by atoms with E-state index in [9.17, 15) is 19.0 Å². The summed E-state index contributed by atoms with van der Waals surface area (Å²) < 4.78 is 37.5. The topological polar surface area (TPSA) is 114 Å². The average molecular weight is 498 g/mol. The second-order valence-corrected chi connectivity index (χ2v) is 9.26. The van der Waals surface area contributed by atoms with E-state index in [0.717, 1.165) is 12.8 Å². The largest absolute Gasteiger partial charge is 0.508 e. The Morgan fingerprint density at radius 3 is 2.86 bits per heavy atom. The zero-order chi connectivity index (χ0) is 24.8. The van der Waals surface area contributed by atoms with Gasteiger partial charge in [-0.15, -0.1) is 10.2 Å². The van der Waals surface area contributed by atoms with Gasteiger partial charge in [0.25, 0.3) is 0 Å². The number of hydrogen-bond acceptors (Lipinski definition) is 8. The zero-order valence-corrected chi connectivity index (χ0v) is 19.3. The van der Waals surface area contributed by atoms with Gasteiger partial charge in [-0.1, -0.05) is 5.21 Å². The van der Waals surface area contributed by atoms with Crippen molar-refractivity contribution in [3.8, 4) is 17.1 Å². The van der Waals surface area contributed by atoms with Crippen molar-refractivity contribution >= 4 is 11.5 Å². The Labute approximate surface area is 204 Å². The number of phenols is 1. The fourth-order valence-electron chi connectivity index (χ4n) is 5.03. The number of alkyl halides is 1. The molecule has 6 rings (SSSR count). The smallest absolute Gasteiger partial charge is 0.154 e. The summed E-state index contributed by atoms with van der Waals surface area (Å²) >= 11 is 0. The van der Waals surface area contributed by atoms with Gasteiger partial charge in [-0.2, -0.15) is 0 Å². The monoisotopic (exact) mass is 497 g/mol. The lowest BCUT2D eigenvalue weighted by molar-refractivity contribution is -0.0414. The Bertz CT molecular complexity index is 1390. The van der Waals surface area contributed by atoms with Crippen molar-refractivity contribution in [1.82, 2.24) is 29.6 Å². The van der Waals surface area contributed by atoms with Gasteiger partial charge in [0.2, 0.25) is 0 Å². The van der Waals surface area contributed by atoms with Crippen molar-refractivity contribution in [3.05, 3.63) is 54.1 Å². The molecule has 5 heterocycles. The highest BCUT2D eigenvalue weighted by Crippen LogP contribution is 2.40. The summed E-state index contributed by atoms with van der Waals surface area (Å²) in [7, 11) is 0. The van der Waals surface area contributed by atoms with E-state index in [4.69, 9.17) is 9.84 Å². The van der Waals surface area contributed by atoms with E-state index in [0.29, 0.717) is 35.0 Å². The molecule has 2 saturated heterocycles. The molecule has 188 valence electrons. The van der Waals surface area contributed by atoms with Crippen LogP contribution in [-0.2, 0) is 4.74 Å². The quantitative estimate of drug-likeness (QED) is 0.433. The minimum atomic E-state index is -1.15. The maximum Gasteiger partial charge on any atom is 0.154 e. The first kappa shape index (κ1) is 22.8. The van der Waals surface area contributed by atoms with E-state index < -0.39 is 18.0 Å². The number of ether oxygens (including phenoxy) is 1. The molecule has 0 bridgehead atoms. The Morgan fingerprint density at radius 1 is 1.17 bits per heavy atom. The highest BCUT2D eigenvalue weighted by Gasteiger charge is 2.36. The third kappa shape index (κ3) is 4.05. The molecular weight excluding hydrogens is 472 g/mol. The van der Waals surface area contributed by atoms with E-state index >= 15 is 0 Å². The Balaban J connectivity index is 1.31. The second-order valence-electron chi connectivity index (χ2n) is 9.26. The van der Waals surface area contributed by atoms with Crippen molar-refractivity contribution in [3.63, 3.8) is 0 Å². The molecule has 2 aliphatic heterocycles. The normalized spacial score (nSPS) is 24.6. The van der Waals surface area contributed by atoms with E-state index in [1.54, 1.807) is 32.4 Å². The lowest BCUT2D eigenvalue weighted by Gasteiger charge is -2.27. The average Bonchev–Trinajstić information content (AvgIpc) is 3.63. The van der Waals surface area contributed by atoms with Crippen LogP contribution >= 0.6 is 0 Å². The summed E-state index contributed by atoms with van der Waals surface area (Å²) in [6.45, 7) is 0.512. The molecule has 4 aromatic rings. The molecule has 2 fully saturated rings. The van der Waals surface area contributed by atoms with Gasteiger partial charge in [-0.3, -0.25) is 0 Å². The van der Waals surface area contributed by atoms with E-state index in [2.05, 4.69) is 15.3 Å². The van der Waals surface area contributed by atoms with Gasteiger partial charge >= 0.3 is 0 Å². The molecule has 12 heteroatoms. The molecule has 2 unspecified atom stereocenters. The first-order valence-electron chi connectivity index (χ1n) is 11.9. The number of rotatable bonds is 5. The fourth-order valence-corrected chi connectivity index (χ4v) is 5.03. The van der Waals surface area contributed by atoms with Crippen LogP contribution in [0.2, 0.25) is 0 Å². The Morgan fingerprint density at radius 2 is 2.06 bits per heavy atom. The summed E-state index contributed by atoms with van der Waals surface area (Å²) in [6, 6.07) is 6.65. The van der Waals surface area contributed by atoms with Crippen LogP contribution < -0.4 is 4.90 Å². The number of aliphatic hydroxyl groups excluding tert-OH is 1. The number of imidazole rings is 1. The van der Waals surface area contributed by atoms with Crippen LogP contribution in [0.3, 0.4) is 0 Å². The number of aromatic hydroxyl groups is 1. The number of hydrogen-bond donors (Lipinski definition) is 2. The van der Waals surface area contributed by atoms with Gasteiger partial charge in [-0.05, 0) is 43.2 Å². The minimum Gasteiger partial charge on any atom is -0.508 e. The molecule has 10 nitrogen and oxygen atoms in total. The van der Waals surface area contributed by atoms with Crippen molar-refractivity contribution in [1.29, 1.82) is 0 Å². The first-order chi connectivity index (χ1) is 17.5. The summed E-state index contributed by atoms with van der Waals surface area (Å²) in [6.07, 6.45) is 3.84. The number of anilines is 1. The van der Waals surface area contributed by atoms with Gasteiger partial charge < -0.3 is 19.8 Å². The lowest BCUT2D eigenvalue weighted by atomic mass is 10.0. The Hall–Kier alpha value is -3.64. The summed E-state index contributed by atoms with van der Waals surface area (Å²) in [4.78, 5) is 6.14. The number of benzene rings is 1. The van der Waals surface area contributed by atoms with E-state index in [-0.39, 0.29) is 37.5 Å². The van der Waals surface area contributed by atoms with Crippen LogP contribution in [0.5, 0.6) is 5.75 Å². The highest BCUT2D eigenvalue weighted by atomic mass is 19.1. The number of fused-ring (bicyclic) bond motifs is 1. The molecule has 2 aliphatic rings. The van der Waals surface area contributed by atoms with Crippen LogP contribution in [0.1, 0.15) is 36.9 Å². The van der Waals surface area contributed by atoms with Crippen LogP contribution in [-0.4, -0.2) is 71.8 Å². The maximum atomic E-state index is 14.5. The van der Waals surface area contributed by atoms with Gasteiger partial charge in [0.05, 0.1) is 50.3 Å². The van der Waals surface area contributed by atoms with Crippen molar-refractivity contribution in [2.45, 2.75) is 43.6 Å². The van der Waals surface area contributed by atoms with E-state index in [1.165, 1.54) is 18.2 Å². The molecular formula is C24H25F2N7O3. The maximum absolute atomic E-state index is 14.5. The second kappa shape index (κ2) is 9.10. The van der Waals surface area contributed by atoms with Crippen LogP contribution in [0.15, 0.2) is 42.7 Å². The van der Waals surface area contributed by atoms with Crippen molar-refractivity contribution < 1.29 is 23.7 Å². The van der Waals surface area contributed by atoms with Crippen molar-refractivity contribution in [2.75, 3.05) is 24.7 Å². The molecule has 0 spiro atoms. The highest BCUT2D eigenvalue weighted by molar-refractivity contribution is 5.60. The van der Waals surface area contributed by atoms with Gasteiger partial charge in [0, 0.05) is 12.0 Å². The molecule has 0 saturated carbocycles. The van der Waals surface area contributed by atoms with Gasteiger partial charge in [0.1, 0.15) is 34.9 Å².